The number of alkyl halides is 2. The van der Waals surface area contributed by atoms with Gasteiger partial charge in [-0.2, -0.15) is 0 Å². The van der Waals surface area contributed by atoms with Crippen LogP contribution < -0.4 is 9.47 Å². The Labute approximate surface area is 98.3 Å². The summed E-state index contributed by atoms with van der Waals surface area (Å²) in [7, 11) is 2.79. The molecule has 0 saturated heterocycles. The van der Waals surface area contributed by atoms with Gasteiger partial charge < -0.3 is 9.47 Å². The fourth-order valence-electron chi connectivity index (χ4n) is 1.56. The van der Waals surface area contributed by atoms with Gasteiger partial charge in [-0.3, -0.25) is 4.79 Å². The van der Waals surface area contributed by atoms with Gasteiger partial charge in [0.05, 0.1) is 14.2 Å². The minimum absolute atomic E-state index is 0.0416. The van der Waals surface area contributed by atoms with Gasteiger partial charge in [0.15, 0.2) is 11.5 Å². The van der Waals surface area contributed by atoms with Crippen molar-refractivity contribution in [3.8, 4) is 11.5 Å². The summed E-state index contributed by atoms with van der Waals surface area (Å²) in [5.74, 6) is 0.391. The number of hydrogen-bond acceptors (Lipinski definition) is 3. The molecule has 0 heterocycles. The molecule has 1 aromatic carbocycles. The molecule has 1 rings (SSSR count). The maximum Gasteiger partial charge on any atom is 0.264 e. The second kappa shape index (κ2) is 5.61. The van der Waals surface area contributed by atoms with E-state index in [4.69, 9.17) is 9.47 Å². The first kappa shape index (κ1) is 13.4. The van der Waals surface area contributed by atoms with Gasteiger partial charge in [0, 0.05) is 12.0 Å². The van der Waals surface area contributed by atoms with Gasteiger partial charge in [-0.05, 0) is 24.6 Å². The molecule has 0 spiro atoms. The van der Waals surface area contributed by atoms with Crippen LogP contribution >= 0.6 is 0 Å². The molecule has 1 aromatic rings. The molecule has 0 fully saturated rings. The highest BCUT2D eigenvalue weighted by atomic mass is 19.3. The Balaban J connectivity index is 3.29. The van der Waals surface area contributed by atoms with E-state index in [1.54, 1.807) is 0 Å². The predicted molar refractivity (Wildman–Crippen MR) is 58.9 cm³/mol. The van der Waals surface area contributed by atoms with E-state index in [1.165, 1.54) is 33.3 Å². The SMILES string of the molecule is COc1cc(CC(C)=O)c(C(F)F)cc1OC. The second-order valence-electron chi connectivity index (χ2n) is 3.59. The van der Waals surface area contributed by atoms with Crippen molar-refractivity contribution in [2.24, 2.45) is 0 Å². The summed E-state index contributed by atoms with van der Waals surface area (Å²) in [4.78, 5) is 11.0. The fraction of sp³-hybridized carbons (Fsp3) is 0.417. The lowest BCUT2D eigenvalue weighted by Crippen LogP contribution is -2.03. The van der Waals surface area contributed by atoms with E-state index in [0.717, 1.165) is 0 Å². The molecular weight excluding hydrogens is 230 g/mol. The number of methoxy groups -OCH3 is 2. The lowest BCUT2D eigenvalue weighted by molar-refractivity contribution is -0.116. The van der Waals surface area contributed by atoms with Gasteiger partial charge in [-0.15, -0.1) is 0 Å². The number of carbonyl (C=O) groups is 1. The number of Topliss-reactive ketones (excluding diaryl/α,β-unsaturated/α-hetero) is 1. The van der Waals surface area contributed by atoms with Crippen molar-refractivity contribution >= 4 is 5.78 Å². The predicted octanol–water partition coefficient (Wildman–Crippen LogP) is 2.77. The summed E-state index contributed by atoms with van der Waals surface area (Å²) >= 11 is 0. The van der Waals surface area contributed by atoms with Crippen LogP contribution in [0.1, 0.15) is 24.5 Å². The first-order valence-electron chi connectivity index (χ1n) is 5.02. The molecule has 0 aliphatic carbocycles. The number of ketones is 1. The van der Waals surface area contributed by atoms with Crippen molar-refractivity contribution in [1.82, 2.24) is 0 Å². The molecule has 0 N–H and O–H groups in total. The summed E-state index contributed by atoms with van der Waals surface area (Å²) in [6.45, 7) is 1.35. The number of hydrogen-bond donors (Lipinski definition) is 0. The topological polar surface area (TPSA) is 35.5 Å². The maximum atomic E-state index is 12.8. The highest BCUT2D eigenvalue weighted by Crippen LogP contribution is 2.35. The van der Waals surface area contributed by atoms with Crippen LogP contribution in [0.3, 0.4) is 0 Å². The quantitative estimate of drug-likeness (QED) is 0.799. The maximum absolute atomic E-state index is 12.8. The largest absolute Gasteiger partial charge is 0.493 e. The minimum Gasteiger partial charge on any atom is -0.493 e. The number of rotatable bonds is 5. The van der Waals surface area contributed by atoms with Crippen LogP contribution in [0.2, 0.25) is 0 Å². The molecule has 5 heteroatoms. The van der Waals surface area contributed by atoms with Gasteiger partial charge in [-0.25, -0.2) is 8.78 Å². The third-order valence-electron chi connectivity index (χ3n) is 2.32. The van der Waals surface area contributed by atoms with Crippen molar-refractivity contribution in [1.29, 1.82) is 0 Å². The standard InChI is InChI=1S/C12H14F2O3/c1-7(15)4-8-5-10(16-2)11(17-3)6-9(8)12(13)14/h5-6,12H,4H2,1-3H3. The zero-order valence-corrected chi connectivity index (χ0v) is 9.92. The summed E-state index contributed by atoms with van der Waals surface area (Å²) in [5, 5.41) is 0. The average molecular weight is 244 g/mol. The summed E-state index contributed by atoms with van der Waals surface area (Å²) in [6, 6.07) is 2.63. The molecule has 0 aliphatic rings. The molecule has 3 nitrogen and oxygen atoms in total. The zero-order valence-electron chi connectivity index (χ0n) is 9.92. The summed E-state index contributed by atoms with van der Waals surface area (Å²) in [6.07, 6.45) is -2.69. The van der Waals surface area contributed by atoms with E-state index in [2.05, 4.69) is 0 Å². The minimum atomic E-state index is -2.65. The van der Waals surface area contributed by atoms with E-state index >= 15 is 0 Å². The molecule has 0 atom stereocenters. The first-order chi connectivity index (χ1) is 7.99. The summed E-state index contributed by atoms with van der Waals surface area (Å²) < 4.78 is 35.6. The lowest BCUT2D eigenvalue weighted by Gasteiger charge is -2.13. The molecule has 0 saturated carbocycles. The van der Waals surface area contributed by atoms with E-state index in [9.17, 15) is 13.6 Å². The Morgan fingerprint density at radius 2 is 1.76 bits per heavy atom. The van der Waals surface area contributed by atoms with Crippen molar-refractivity contribution in [2.75, 3.05) is 14.2 Å². The Bertz CT molecular complexity index is 416. The smallest absolute Gasteiger partial charge is 0.264 e. The van der Waals surface area contributed by atoms with Gasteiger partial charge in [-0.1, -0.05) is 0 Å². The molecule has 0 amide bonds. The molecule has 0 radical (unpaired) electrons. The molecule has 94 valence electrons. The molecule has 0 unspecified atom stereocenters. The van der Waals surface area contributed by atoms with Crippen LogP contribution in [0.15, 0.2) is 12.1 Å². The van der Waals surface area contributed by atoms with Crippen molar-refractivity contribution in [2.45, 2.75) is 19.8 Å². The zero-order chi connectivity index (χ0) is 13.0. The van der Waals surface area contributed by atoms with Crippen LogP contribution in [0, 0.1) is 0 Å². The highest BCUT2D eigenvalue weighted by molar-refractivity contribution is 5.79. The second-order valence-corrected chi connectivity index (χ2v) is 3.59. The van der Waals surface area contributed by atoms with E-state index < -0.39 is 6.43 Å². The number of halogens is 2. The molecular formula is C12H14F2O3. The average Bonchev–Trinajstić information content (AvgIpc) is 2.27. The Morgan fingerprint density at radius 3 is 2.18 bits per heavy atom. The van der Waals surface area contributed by atoms with Crippen LogP contribution in [0.4, 0.5) is 8.78 Å². The third-order valence-corrected chi connectivity index (χ3v) is 2.32. The van der Waals surface area contributed by atoms with E-state index in [1.807, 2.05) is 0 Å². The van der Waals surface area contributed by atoms with Crippen LogP contribution in [-0.4, -0.2) is 20.0 Å². The third kappa shape index (κ3) is 3.15. The number of ether oxygens (including phenoxy) is 2. The van der Waals surface area contributed by atoms with Crippen molar-refractivity contribution in [3.63, 3.8) is 0 Å². The highest BCUT2D eigenvalue weighted by Gasteiger charge is 2.18. The number of carbonyl (C=O) groups excluding carboxylic acids is 1. The Morgan fingerprint density at radius 1 is 1.24 bits per heavy atom. The normalized spacial score (nSPS) is 10.5. The molecule has 0 aromatic heterocycles. The van der Waals surface area contributed by atoms with Gasteiger partial charge in [0.2, 0.25) is 0 Å². The molecule has 17 heavy (non-hydrogen) atoms. The molecule has 0 aliphatic heterocycles. The van der Waals surface area contributed by atoms with Gasteiger partial charge in [0.25, 0.3) is 6.43 Å². The Hall–Kier alpha value is -1.65. The lowest BCUT2D eigenvalue weighted by atomic mass is 10.0. The fourth-order valence-corrected chi connectivity index (χ4v) is 1.56. The number of benzene rings is 1. The van der Waals surface area contributed by atoms with Crippen LogP contribution in [0.5, 0.6) is 11.5 Å². The first-order valence-corrected chi connectivity index (χ1v) is 5.02. The molecule has 0 bridgehead atoms. The van der Waals surface area contributed by atoms with Crippen LogP contribution in [-0.2, 0) is 11.2 Å². The van der Waals surface area contributed by atoms with Gasteiger partial charge in [0.1, 0.15) is 5.78 Å². The van der Waals surface area contributed by atoms with Gasteiger partial charge >= 0.3 is 0 Å². The van der Waals surface area contributed by atoms with Crippen molar-refractivity contribution in [3.05, 3.63) is 23.3 Å². The van der Waals surface area contributed by atoms with E-state index in [-0.39, 0.29) is 29.1 Å². The van der Waals surface area contributed by atoms with Crippen molar-refractivity contribution < 1.29 is 23.0 Å². The van der Waals surface area contributed by atoms with E-state index in [0.29, 0.717) is 5.75 Å². The monoisotopic (exact) mass is 244 g/mol. The summed E-state index contributed by atoms with van der Waals surface area (Å²) in [5.41, 5.74) is 0.0722. The Kier molecular flexibility index (Phi) is 4.43. The van der Waals surface area contributed by atoms with Crippen LogP contribution in [0.25, 0.3) is 0 Å².